The highest BCUT2D eigenvalue weighted by Crippen LogP contribution is 2.65. The second-order valence-corrected chi connectivity index (χ2v) is 25.0. The van der Waals surface area contributed by atoms with Gasteiger partial charge in [-0.05, 0) is 101 Å². The molecule has 0 atom stereocenters. The normalized spacial score (nSPS) is 24.8. The lowest BCUT2D eigenvalue weighted by atomic mass is 9.50. The van der Waals surface area contributed by atoms with Gasteiger partial charge in [0, 0.05) is 0 Å². The second-order valence-electron chi connectivity index (χ2n) is 18.8. The van der Waals surface area contributed by atoms with Crippen molar-refractivity contribution in [3.05, 3.63) is 54.0 Å². The van der Waals surface area contributed by atoms with Gasteiger partial charge in [-0.3, -0.25) is 0 Å². The first kappa shape index (κ1) is 40.6. The summed E-state index contributed by atoms with van der Waals surface area (Å²) >= 11 is 0. The van der Waals surface area contributed by atoms with Crippen LogP contribution in [0.1, 0.15) is 137 Å². The maximum Gasteiger partial charge on any atom is 0.487 e. The minimum Gasteiger partial charge on any atom is -0.403 e. The van der Waals surface area contributed by atoms with E-state index >= 15 is 0 Å². The zero-order valence-electron chi connectivity index (χ0n) is 34.2. The standard InChI is InChI=1S/C39H67B3O6Si/c1-28(2)49(29(3)4,30(5)6)39(41-45-35(11,12)36(13,14)46-41,42-47-37(15,16)38(17,18)48-42)26-22-25-32(31-23-20-19-21-24-31)27-40-43-33(7,8)34(9,10)44-40/h19-24,26-30H,25H2,1-18H3/b26-22+,32-27-. The van der Waals surface area contributed by atoms with Crippen LogP contribution in [0.25, 0.3) is 5.57 Å². The molecule has 6 nitrogen and oxygen atoms in total. The van der Waals surface area contributed by atoms with Gasteiger partial charge in [0.05, 0.1) is 46.5 Å². The van der Waals surface area contributed by atoms with Gasteiger partial charge in [0.15, 0.2) is 0 Å². The van der Waals surface area contributed by atoms with Crippen LogP contribution in [0, 0.1) is 0 Å². The van der Waals surface area contributed by atoms with Gasteiger partial charge in [-0.15, -0.1) is 0 Å². The van der Waals surface area contributed by atoms with E-state index in [1.807, 2.05) is 0 Å². The van der Waals surface area contributed by atoms with Gasteiger partial charge in [-0.25, -0.2) is 0 Å². The number of hydrogen-bond acceptors (Lipinski definition) is 6. The third-order valence-corrected chi connectivity index (χ3v) is 21.3. The van der Waals surface area contributed by atoms with Crippen molar-refractivity contribution in [2.24, 2.45) is 0 Å². The van der Waals surface area contributed by atoms with Gasteiger partial charge in [-0.2, -0.15) is 0 Å². The molecule has 10 heteroatoms. The minimum atomic E-state index is -2.57. The topological polar surface area (TPSA) is 55.4 Å². The van der Waals surface area contributed by atoms with Crippen molar-refractivity contribution >= 4 is 35.0 Å². The van der Waals surface area contributed by atoms with Gasteiger partial charge in [0.25, 0.3) is 0 Å². The molecule has 3 aliphatic heterocycles. The summed E-state index contributed by atoms with van der Waals surface area (Å²) in [5.41, 5.74) is 0.398. The molecule has 49 heavy (non-hydrogen) atoms. The van der Waals surface area contributed by atoms with E-state index in [4.69, 9.17) is 27.9 Å². The average molecular weight is 692 g/mol. The van der Waals surface area contributed by atoms with Crippen LogP contribution in [0.4, 0.5) is 0 Å². The van der Waals surface area contributed by atoms with E-state index in [-0.39, 0.29) is 0 Å². The van der Waals surface area contributed by atoms with Crippen LogP contribution < -0.4 is 0 Å². The first-order chi connectivity index (χ1) is 22.2. The van der Waals surface area contributed by atoms with Crippen LogP contribution in [-0.4, -0.2) is 63.0 Å². The van der Waals surface area contributed by atoms with Gasteiger partial charge < -0.3 is 27.9 Å². The molecule has 3 fully saturated rings. The van der Waals surface area contributed by atoms with Crippen LogP contribution in [0.5, 0.6) is 0 Å². The monoisotopic (exact) mass is 692 g/mol. The molecule has 3 saturated heterocycles. The van der Waals surface area contributed by atoms with Crippen LogP contribution in [0.15, 0.2) is 48.5 Å². The van der Waals surface area contributed by atoms with Gasteiger partial charge in [-0.1, -0.05) is 107 Å². The van der Waals surface area contributed by atoms with Gasteiger partial charge in [0.1, 0.15) is 0 Å². The summed E-state index contributed by atoms with van der Waals surface area (Å²) < 4.78 is 41.6. The van der Waals surface area contributed by atoms with Crippen molar-refractivity contribution in [1.29, 1.82) is 0 Å². The zero-order valence-corrected chi connectivity index (χ0v) is 35.2. The van der Waals surface area contributed by atoms with Crippen LogP contribution in [-0.2, 0) is 27.9 Å². The quantitative estimate of drug-likeness (QED) is 0.170. The van der Waals surface area contributed by atoms with E-state index in [1.54, 1.807) is 0 Å². The van der Waals surface area contributed by atoms with Gasteiger partial charge >= 0.3 is 21.4 Å². The summed E-state index contributed by atoms with van der Waals surface area (Å²) in [4.78, 5) is -0.703. The Labute approximate surface area is 302 Å². The van der Waals surface area contributed by atoms with Crippen LogP contribution in [0.3, 0.4) is 0 Å². The molecule has 0 radical (unpaired) electrons. The van der Waals surface area contributed by atoms with E-state index in [1.165, 1.54) is 0 Å². The lowest BCUT2D eigenvalue weighted by Gasteiger charge is -2.56. The second kappa shape index (κ2) is 13.4. The molecule has 0 bridgehead atoms. The van der Waals surface area contributed by atoms with Crippen molar-refractivity contribution in [1.82, 2.24) is 0 Å². The van der Waals surface area contributed by atoms with Crippen molar-refractivity contribution in [2.45, 2.75) is 186 Å². The summed E-state index contributed by atoms with van der Waals surface area (Å²) in [6, 6.07) is 10.6. The van der Waals surface area contributed by atoms with E-state index < -0.39 is 67.9 Å². The van der Waals surface area contributed by atoms with E-state index in [9.17, 15) is 0 Å². The highest BCUT2D eigenvalue weighted by atomic mass is 28.3. The third-order valence-electron chi connectivity index (χ3n) is 13.4. The highest BCUT2D eigenvalue weighted by molar-refractivity contribution is 7.05. The lowest BCUT2D eigenvalue weighted by Crippen LogP contribution is -2.67. The molecular formula is C39H67B3O6Si. The third kappa shape index (κ3) is 6.79. The molecule has 4 rings (SSSR count). The Morgan fingerprint density at radius 1 is 0.592 bits per heavy atom. The molecule has 1 aromatic rings. The fraction of sp³-hybridized carbons (Fsp3) is 0.744. The Bertz CT molecular complexity index is 1280. The lowest BCUT2D eigenvalue weighted by molar-refractivity contribution is 0.00578. The summed E-state index contributed by atoms with van der Waals surface area (Å²) in [6.07, 6.45) is 5.41. The average Bonchev–Trinajstić information content (AvgIpc) is 3.39. The Morgan fingerprint density at radius 2 is 0.939 bits per heavy atom. The minimum absolute atomic E-state index is 0.365. The van der Waals surface area contributed by atoms with E-state index in [0.717, 1.165) is 11.1 Å². The molecule has 0 spiro atoms. The number of benzene rings is 1. The summed E-state index contributed by atoms with van der Waals surface area (Å²) in [6.45, 7) is 40.0. The van der Waals surface area contributed by atoms with E-state index in [2.05, 4.69) is 173 Å². The number of allylic oxidation sites excluding steroid dienone is 3. The fourth-order valence-corrected chi connectivity index (χ4v) is 17.3. The molecule has 0 aliphatic carbocycles. The van der Waals surface area contributed by atoms with Crippen LogP contribution >= 0.6 is 0 Å². The predicted molar refractivity (Wildman–Crippen MR) is 210 cm³/mol. The Balaban J connectivity index is 1.98. The van der Waals surface area contributed by atoms with E-state index in [0.29, 0.717) is 23.0 Å². The molecule has 3 heterocycles. The molecule has 0 aromatic heterocycles. The zero-order chi connectivity index (χ0) is 37.2. The van der Waals surface area contributed by atoms with Crippen molar-refractivity contribution in [2.75, 3.05) is 0 Å². The first-order valence-corrected chi connectivity index (χ1v) is 20.9. The molecule has 1 aromatic carbocycles. The largest absolute Gasteiger partial charge is 0.487 e. The summed E-state index contributed by atoms with van der Waals surface area (Å²) in [5.74, 6) is 2.15. The fourth-order valence-electron chi connectivity index (χ4n) is 8.83. The number of rotatable bonds is 11. The number of hydrogen-bond donors (Lipinski definition) is 0. The van der Waals surface area contributed by atoms with Crippen molar-refractivity contribution in [3.63, 3.8) is 0 Å². The Morgan fingerprint density at radius 3 is 1.29 bits per heavy atom. The molecule has 0 unspecified atom stereocenters. The molecule has 0 amide bonds. The molecule has 0 saturated carbocycles. The first-order valence-electron chi connectivity index (χ1n) is 18.7. The molecule has 3 aliphatic rings. The maximum absolute atomic E-state index is 7.18. The predicted octanol–water partition coefficient (Wildman–Crippen LogP) is 10.3. The summed E-state index contributed by atoms with van der Waals surface area (Å²) in [7, 11) is -4.18. The highest BCUT2D eigenvalue weighted by Gasteiger charge is 2.76. The smallest absolute Gasteiger partial charge is 0.403 e. The van der Waals surface area contributed by atoms with Crippen molar-refractivity contribution < 1.29 is 27.9 Å². The SMILES string of the molecule is CC(C)[Si](C(C)C)(C(C)C)C(/C=C/C/C(=C/B1OC(C)(C)C(C)(C)O1)c1ccccc1)(B1OC(C)(C)C(C)(C)O1)B1OC(C)(C)C(C)(C)O1. The molecule has 272 valence electrons. The Hall–Kier alpha value is -1.13. The summed E-state index contributed by atoms with van der Waals surface area (Å²) in [5, 5.41) is 0. The molecular weight excluding hydrogens is 625 g/mol. The maximum atomic E-state index is 7.18. The van der Waals surface area contributed by atoms with Crippen molar-refractivity contribution in [3.8, 4) is 0 Å². The van der Waals surface area contributed by atoms with Crippen LogP contribution in [0.2, 0.25) is 21.5 Å². The Kier molecular flexibility index (Phi) is 11.1. The van der Waals surface area contributed by atoms with Gasteiger partial charge in [0.2, 0.25) is 0 Å². The molecule has 0 N–H and O–H groups in total.